The Morgan fingerprint density at radius 2 is 2.29 bits per heavy atom. The normalized spacial score (nSPS) is 12.5. The average molecular weight is 304 g/mol. The Balaban J connectivity index is 2.57. The third kappa shape index (κ3) is 5.43. The standard InChI is InChI=1S/C11H18BrN3O2/c1-3-4-10-14-9(12)5-11(15-10)13-6-8(16)7-17-2/h5,8,16H,3-4,6-7H2,1-2H3,(H,13,14,15). The molecule has 6 heteroatoms. The maximum Gasteiger partial charge on any atom is 0.132 e. The lowest BCUT2D eigenvalue weighted by Crippen LogP contribution is -2.24. The summed E-state index contributed by atoms with van der Waals surface area (Å²) >= 11 is 3.34. The molecule has 96 valence electrons. The second-order valence-electron chi connectivity index (χ2n) is 3.73. The van der Waals surface area contributed by atoms with Crippen LogP contribution in [0.5, 0.6) is 0 Å². The van der Waals surface area contributed by atoms with Crippen molar-refractivity contribution in [1.82, 2.24) is 9.97 Å². The molecule has 1 rings (SSSR count). The van der Waals surface area contributed by atoms with Crippen molar-refractivity contribution in [2.24, 2.45) is 0 Å². The Hall–Kier alpha value is -0.720. The van der Waals surface area contributed by atoms with Crippen LogP contribution in [-0.4, -0.2) is 41.4 Å². The van der Waals surface area contributed by atoms with E-state index in [-0.39, 0.29) is 0 Å². The van der Waals surface area contributed by atoms with Crippen LogP contribution in [0.1, 0.15) is 19.2 Å². The number of methoxy groups -OCH3 is 1. The largest absolute Gasteiger partial charge is 0.389 e. The van der Waals surface area contributed by atoms with Crippen molar-refractivity contribution in [3.63, 3.8) is 0 Å². The fourth-order valence-corrected chi connectivity index (χ4v) is 1.79. The van der Waals surface area contributed by atoms with Gasteiger partial charge in [0.1, 0.15) is 16.2 Å². The van der Waals surface area contributed by atoms with Gasteiger partial charge in [-0.1, -0.05) is 6.92 Å². The summed E-state index contributed by atoms with van der Waals surface area (Å²) in [5, 5.41) is 12.6. The third-order valence-corrected chi connectivity index (χ3v) is 2.50. The molecule has 1 unspecified atom stereocenters. The van der Waals surface area contributed by atoms with E-state index in [0.29, 0.717) is 19.0 Å². The fourth-order valence-electron chi connectivity index (χ4n) is 1.36. The van der Waals surface area contributed by atoms with Gasteiger partial charge in [-0.3, -0.25) is 0 Å². The number of anilines is 1. The molecule has 0 aromatic carbocycles. The molecule has 1 aromatic heterocycles. The first-order chi connectivity index (χ1) is 8.15. The number of nitrogens with one attached hydrogen (secondary N) is 1. The molecule has 0 spiro atoms. The number of halogens is 1. The molecule has 0 aliphatic carbocycles. The van der Waals surface area contributed by atoms with E-state index in [1.807, 2.05) is 0 Å². The zero-order valence-electron chi connectivity index (χ0n) is 10.1. The topological polar surface area (TPSA) is 67.3 Å². The van der Waals surface area contributed by atoms with E-state index < -0.39 is 6.10 Å². The summed E-state index contributed by atoms with van der Waals surface area (Å²) in [6.07, 6.45) is 1.31. The van der Waals surface area contributed by atoms with Crippen LogP contribution in [0.2, 0.25) is 0 Å². The third-order valence-electron chi connectivity index (χ3n) is 2.09. The molecule has 2 N–H and O–H groups in total. The van der Waals surface area contributed by atoms with Crippen molar-refractivity contribution in [2.45, 2.75) is 25.9 Å². The number of aliphatic hydroxyl groups is 1. The molecule has 17 heavy (non-hydrogen) atoms. The second-order valence-corrected chi connectivity index (χ2v) is 4.54. The number of aromatic nitrogens is 2. The van der Waals surface area contributed by atoms with Crippen molar-refractivity contribution < 1.29 is 9.84 Å². The maximum absolute atomic E-state index is 9.51. The van der Waals surface area contributed by atoms with Crippen molar-refractivity contribution in [1.29, 1.82) is 0 Å². The molecule has 0 bridgehead atoms. The highest BCUT2D eigenvalue weighted by molar-refractivity contribution is 9.10. The lowest BCUT2D eigenvalue weighted by atomic mass is 10.3. The first-order valence-electron chi connectivity index (χ1n) is 5.60. The lowest BCUT2D eigenvalue weighted by molar-refractivity contribution is 0.0727. The van der Waals surface area contributed by atoms with E-state index in [2.05, 4.69) is 38.1 Å². The summed E-state index contributed by atoms with van der Waals surface area (Å²) in [6.45, 7) is 2.80. The van der Waals surface area contributed by atoms with Gasteiger partial charge in [-0.15, -0.1) is 0 Å². The first-order valence-corrected chi connectivity index (χ1v) is 6.39. The van der Waals surface area contributed by atoms with Crippen molar-refractivity contribution in [2.75, 3.05) is 25.6 Å². The molecule has 0 fully saturated rings. The Morgan fingerprint density at radius 1 is 1.53 bits per heavy atom. The van der Waals surface area contributed by atoms with Crippen molar-refractivity contribution in [3.8, 4) is 0 Å². The maximum atomic E-state index is 9.51. The number of nitrogens with zero attached hydrogens (tertiary/aromatic N) is 2. The first kappa shape index (κ1) is 14.3. The molecule has 1 aromatic rings. The minimum Gasteiger partial charge on any atom is -0.389 e. The average Bonchev–Trinajstić information content (AvgIpc) is 2.26. The Labute approximate surface area is 110 Å². The SMILES string of the molecule is CCCc1nc(Br)cc(NCC(O)COC)n1. The Morgan fingerprint density at radius 3 is 2.94 bits per heavy atom. The number of rotatable bonds is 7. The van der Waals surface area contributed by atoms with Crippen LogP contribution in [0.25, 0.3) is 0 Å². The van der Waals surface area contributed by atoms with Gasteiger partial charge < -0.3 is 15.2 Å². The number of aliphatic hydroxyl groups excluding tert-OH is 1. The van der Waals surface area contributed by atoms with Crippen LogP contribution in [0.15, 0.2) is 10.7 Å². The predicted molar refractivity (Wildman–Crippen MR) is 70.1 cm³/mol. The molecule has 1 atom stereocenters. The second kappa shape index (κ2) is 7.58. The lowest BCUT2D eigenvalue weighted by Gasteiger charge is -2.12. The van der Waals surface area contributed by atoms with Crippen molar-refractivity contribution in [3.05, 3.63) is 16.5 Å². The number of ether oxygens (including phenoxy) is 1. The van der Waals surface area contributed by atoms with Crippen LogP contribution in [-0.2, 0) is 11.2 Å². The molecule has 0 aliphatic heterocycles. The van der Waals surface area contributed by atoms with Gasteiger partial charge in [-0.05, 0) is 22.4 Å². The smallest absolute Gasteiger partial charge is 0.132 e. The van der Waals surface area contributed by atoms with Gasteiger partial charge in [0.2, 0.25) is 0 Å². The molecular formula is C11H18BrN3O2. The molecule has 0 radical (unpaired) electrons. The van der Waals surface area contributed by atoms with E-state index in [9.17, 15) is 5.11 Å². The van der Waals surface area contributed by atoms with Gasteiger partial charge >= 0.3 is 0 Å². The highest BCUT2D eigenvalue weighted by Gasteiger charge is 2.06. The van der Waals surface area contributed by atoms with Crippen LogP contribution < -0.4 is 5.32 Å². The van der Waals surface area contributed by atoms with E-state index in [1.165, 1.54) is 0 Å². The quantitative estimate of drug-likeness (QED) is 0.749. The van der Waals surface area contributed by atoms with Crippen molar-refractivity contribution >= 4 is 21.7 Å². The van der Waals surface area contributed by atoms with Gasteiger partial charge in [0.15, 0.2) is 0 Å². The molecule has 0 saturated carbocycles. The number of hydrogen-bond donors (Lipinski definition) is 2. The highest BCUT2D eigenvalue weighted by Crippen LogP contribution is 2.13. The predicted octanol–water partition coefficient (Wildman–Crippen LogP) is 1.61. The zero-order valence-corrected chi connectivity index (χ0v) is 11.7. The summed E-state index contributed by atoms with van der Waals surface area (Å²) in [4.78, 5) is 8.62. The highest BCUT2D eigenvalue weighted by atomic mass is 79.9. The van der Waals surface area contributed by atoms with Gasteiger partial charge in [0.25, 0.3) is 0 Å². The van der Waals surface area contributed by atoms with Gasteiger partial charge in [-0.25, -0.2) is 9.97 Å². The van der Waals surface area contributed by atoms with Crippen LogP contribution in [0.4, 0.5) is 5.82 Å². The minimum absolute atomic E-state index is 0.307. The molecule has 5 nitrogen and oxygen atoms in total. The monoisotopic (exact) mass is 303 g/mol. The van der Waals surface area contributed by atoms with Crippen LogP contribution in [0, 0.1) is 0 Å². The fraction of sp³-hybridized carbons (Fsp3) is 0.636. The summed E-state index contributed by atoms with van der Waals surface area (Å²) in [7, 11) is 1.56. The zero-order chi connectivity index (χ0) is 12.7. The number of aryl methyl sites for hydroxylation is 1. The summed E-state index contributed by atoms with van der Waals surface area (Å²) in [6, 6.07) is 1.79. The summed E-state index contributed by atoms with van der Waals surface area (Å²) < 4.78 is 5.60. The molecular weight excluding hydrogens is 286 g/mol. The van der Waals surface area contributed by atoms with E-state index >= 15 is 0 Å². The van der Waals surface area contributed by atoms with Crippen LogP contribution in [0.3, 0.4) is 0 Å². The van der Waals surface area contributed by atoms with Crippen LogP contribution >= 0.6 is 15.9 Å². The Bertz CT molecular complexity index is 349. The minimum atomic E-state index is -0.539. The van der Waals surface area contributed by atoms with E-state index in [1.54, 1.807) is 13.2 Å². The van der Waals surface area contributed by atoms with E-state index in [0.717, 1.165) is 23.3 Å². The summed E-state index contributed by atoms with van der Waals surface area (Å²) in [5.74, 6) is 1.51. The van der Waals surface area contributed by atoms with Gasteiger partial charge in [0, 0.05) is 26.1 Å². The number of hydrogen-bond acceptors (Lipinski definition) is 5. The Kier molecular flexibility index (Phi) is 6.39. The molecule has 0 saturated heterocycles. The molecule has 0 amide bonds. The van der Waals surface area contributed by atoms with Gasteiger partial charge in [-0.2, -0.15) is 0 Å². The summed E-state index contributed by atoms with van der Waals surface area (Å²) in [5.41, 5.74) is 0. The molecule has 1 heterocycles. The molecule has 0 aliphatic rings. The van der Waals surface area contributed by atoms with E-state index in [4.69, 9.17) is 4.74 Å². The van der Waals surface area contributed by atoms with Gasteiger partial charge in [0.05, 0.1) is 12.7 Å².